The second kappa shape index (κ2) is 7.79. The molecule has 0 saturated carbocycles. The maximum Gasteiger partial charge on any atom is 0.255 e. The highest BCUT2D eigenvalue weighted by Gasteiger charge is 2.14. The van der Waals surface area contributed by atoms with Gasteiger partial charge >= 0.3 is 0 Å². The zero-order chi connectivity index (χ0) is 15.1. The van der Waals surface area contributed by atoms with Crippen molar-refractivity contribution in [2.45, 2.75) is 25.1 Å². The van der Waals surface area contributed by atoms with Crippen LogP contribution in [0.5, 0.6) is 5.75 Å². The maximum absolute atomic E-state index is 11.8. The summed E-state index contributed by atoms with van der Waals surface area (Å²) in [5.41, 5.74) is 5.97. The smallest absolute Gasteiger partial charge is 0.255 e. The van der Waals surface area contributed by atoms with Gasteiger partial charge in [0.25, 0.3) is 5.91 Å². The summed E-state index contributed by atoms with van der Waals surface area (Å²) in [5.74, 6) is 0.0726. The minimum Gasteiger partial charge on any atom is -0.484 e. The molecule has 0 aromatic heterocycles. The van der Waals surface area contributed by atoms with E-state index in [1.54, 1.807) is 12.1 Å². The predicted molar refractivity (Wildman–Crippen MR) is 80.7 cm³/mol. The number of primary amides is 1. The fourth-order valence-corrected chi connectivity index (χ4v) is 1.81. The molecule has 110 valence electrons. The molecule has 1 aromatic carbocycles. The SMILES string of the molecule is CSC(C)C(=O)NC(C)c1ccc(OCC(N)=O)cc1. The molecule has 0 heterocycles. The highest BCUT2D eigenvalue weighted by Crippen LogP contribution is 2.18. The summed E-state index contributed by atoms with van der Waals surface area (Å²) in [4.78, 5) is 22.4. The highest BCUT2D eigenvalue weighted by atomic mass is 32.2. The first kappa shape index (κ1) is 16.4. The largest absolute Gasteiger partial charge is 0.484 e. The molecule has 2 unspecified atom stereocenters. The number of benzene rings is 1. The van der Waals surface area contributed by atoms with Crippen molar-refractivity contribution in [3.8, 4) is 5.75 Å². The van der Waals surface area contributed by atoms with Gasteiger partial charge in [-0.3, -0.25) is 9.59 Å². The Hall–Kier alpha value is -1.69. The molecule has 5 nitrogen and oxygen atoms in total. The average Bonchev–Trinajstić information content (AvgIpc) is 2.44. The second-order valence-electron chi connectivity index (χ2n) is 4.43. The van der Waals surface area contributed by atoms with Crippen LogP contribution in [0.2, 0.25) is 0 Å². The van der Waals surface area contributed by atoms with Crippen molar-refractivity contribution >= 4 is 23.6 Å². The van der Waals surface area contributed by atoms with E-state index in [0.29, 0.717) is 5.75 Å². The van der Waals surface area contributed by atoms with E-state index >= 15 is 0 Å². The Balaban J connectivity index is 2.59. The quantitative estimate of drug-likeness (QED) is 0.798. The zero-order valence-electron chi connectivity index (χ0n) is 11.9. The van der Waals surface area contributed by atoms with Crippen LogP contribution in [0.1, 0.15) is 25.5 Å². The predicted octanol–water partition coefficient (Wildman–Crippen LogP) is 1.48. The number of hydrogen-bond acceptors (Lipinski definition) is 4. The first-order valence-corrected chi connectivity index (χ1v) is 7.57. The van der Waals surface area contributed by atoms with E-state index in [0.717, 1.165) is 5.56 Å². The van der Waals surface area contributed by atoms with Gasteiger partial charge in [-0.05, 0) is 37.8 Å². The number of amides is 2. The fourth-order valence-electron chi connectivity index (χ4n) is 1.53. The number of nitrogens with two attached hydrogens (primary N) is 1. The lowest BCUT2D eigenvalue weighted by Gasteiger charge is -2.17. The third-order valence-corrected chi connectivity index (χ3v) is 3.76. The van der Waals surface area contributed by atoms with Crippen molar-refractivity contribution in [1.29, 1.82) is 0 Å². The number of rotatable bonds is 7. The Morgan fingerprint density at radius 1 is 1.30 bits per heavy atom. The van der Waals surface area contributed by atoms with Crippen LogP contribution in [0.4, 0.5) is 0 Å². The minimum absolute atomic E-state index is 0.0130. The fraction of sp³-hybridized carbons (Fsp3) is 0.429. The highest BCUT2D eigenvalue weighted by molar-refractivity contribution is 7.99. The van der Waals surface area contributed by atoms with E-state index in [1.807, 2.05) is 32.2 Å². The third kappa shape index (κ3) is 5.13. The summed E-state index contributed by atoms with van der Waals surface area (Å²) >= 11 is 1.51. The lowest BCUT2D eigenvalue weighted by Crippen LogP contribution is -2.32. The van der Waals surface area contributed by atoms with Crippen molar-refractivity contribution in [2.24, 2.45) is 5.73 Å². The first-order valence-electron chi connectivity index (χ1n) is 6.28. The van der Waals surface area contributed by atoms with Crippen LogP contribution < -0.4 is 15.8 Å². The van der Waals surface area contributed by atoms with Crippen molar-refractivity contribution in [1.82, 2.24) is 5.32 Å². The molecular formula is C14H20N2O3S. The van der Waals surface area contributed by atoms with E-state index in [4.69, 9.17) is 10.5 Å². The third-order valence-electron chi connectivity index (χ3n) is 2.84. The topological polar surface area (TPSA) is 81.4 Å². The van der Waals surface area contributed by atoms with E-state index < -0.39 is 5.91 Å². The maximum atomic E-state index is 11.8. The lowest BCUT2D eigenvalue weighted by molar-refractivity contribution is -0.121. The van der Waals surface area contributed by atoms with Gasteiger partial charge in [-0.1, -0.05) is 12.1 Å². The number of nitrogens with one attached hydrogen (secondary N) is 1. The van der Waals surface area contributed by atoms with Gasteiger partial charge in [-0.2, -0.15) is 11.8 Å². The van der Waals surface area contributed by atoms with E-state index in [2.05, 4.69) is 5.32 Å². The van der Waals surface area contributed by atoms with Crippen molar-refractivity contribution in [2.75, 3.05) is 12.9 Å². The standard InChI is InChI=1S/C14H20N2O3S/c1-9(16-14(18)10(2)20-3)11-4-6-12(7-5-11)19-8-13(15)17/h4-7,9-10H,8H2,1-3H3,(H2,15,17)(H,16,18). The van der Waals surface area contributed by atoms with Gasteiger partial charge < -0.3 is 15.8 Å². The molecule has 6 heteroatoms. The van der Waals surface area contributed by atoms with Crippen LogP contribution in [-0.2, 0) is 9.59 Å². The van der Waals surface area contributed by atoms with Gasteiger partial charge in [-0.15, -0.1) is 0 Å². The van der Waals surface area contributed by atoms with E-state index in [9.17, 15) is 9.59 Å². The molecule has 0 fully saturated rings. The molecule has 2 atom stereocenters. The summed E-state index contributed by atoms with van der Waals surface area (Å²) in [5, 5.41) is 2.87. The molecular weight excluding hydrogens is 276 g/mol. The molecule has 20 heavy (non-hydrogen) atoms. The molecule has 1 rings (SSSR count). The number of carbonyl (C=O) groups excluding carboxylic acids is 2. The van der Waals surface area contributed by atoms with Gasteiger partial charge in [0.2, 0.25) is 5.91 Å². The van der Waals surface area contributed by atoms with E-state index in [-0.39, 0.29) is 23.8 Å². The van der Waals surface area contributed by atoms with Crippen molar-refractivity contribution in [3.63, 3.8) is 0 Å². The van der Waals surface area contributed by atoms with Gasteiger partial charge in [-0.25, -0.2) is 0 Å². The average molecular weight is 296 g/mol. The molecule has 0 aliphatic rings. The van der Waals surface area contributed by atoms with Gasteiger partial charge in [0.15, 0.2) is 6.61 Å². The lowest BCUT2D eigenvalue weighted by atomic mass is 10.1. The number of ether oxygens (including phenoxy) is 1. The molecule has 0 aliphatic carbocycles. The molecule has 1 aromatic rings. The van der Waals surface area contributed by atoms with Crippen LogP contribution in [0.15, 0.2) is 24.3 Å². The van der Waals surface area contributed by atoms with Crippen molar-refractivity contribution in [3.05, 3.63) is 29.8 Å². The Morgan fingerprint density at radius 2 is 1.90 bits per heavy atom. The van der Waals surface area contributed by atoms with E-state index in [1.165, 1.54) is 11.8 Å². The van der Waals surface area contributed by atoms with Gasteiger partial charge in [0, 0.05) is 0 Å². The minimum atomic E-state index is -0.513. The monoisotopic (exact) mass is 296 g/mol. The Morgan fingerprint density at radius 3 is 2.40 bits per heavy atom. The van der Waals surface area contributed by atoms with Crippen LogP contribution in [-0.4, -0.2) is 29.9 Å². The Kier molecular flexibility index (Phi) is 6.38. The summed E-state index contributed by atoms with van der Waals surface area (Å²) in [6.45, 7) is 3.65. The normalized spacial score (nSPS) is 13.3. The van der Waals surface area contributed by atoms with Gasteiger partial charge in [0.05, 0.1) is 11.3 Å². The Bertz CT molecular complexity index is 462. The number of hydrogen-bond donors (Lipinski definition) is 2. The molecule has 0 bridgehead atoms. The first-order chi connectivity index (χ1) is 9.43. The van der Waals surface area contributed by atoms with Crippen LogP contribution in [0.3, 0.4) is 0 Å². The summed E-state index contributed by atoms with van der Waals surface area (Å²) < 4.78 is 5.17. The molecule has 2 amide bonds. The summed E-state index contributed by atoms with van der Waals surface area (Å²) in [7, 11) is 0. The van der Waals surface area contributed by atoms with Gasteiger partial charge in [0.1, 0.15) is 5.75 Å². The Labute approximate surface area is 123 Å². The van der Waals surface area contributed by atoms with Crippen LogP contribution in [0.25, 0.3) is 0 Å². The number of carbonyl (C=O) groups is 2. The molecule has 0 saturated heterocycles. The summed E-state index contributed by atoms with van der Waals surface area (Å²) in [6, 6.07) is 7.12. The molecule has 0 spiro atoms. The number of thioether (sulfide) groups is 1. The zero-order valence-corrected chi connectivity index (χ0v) is 12.7. The van der Waals surface area contributed by atoms with Crippen LogP contribution in [0, 0.1) is 0 Å². The van der Waals surface area contributed by atoms with Crippen molar-refractivity contribution < 1.29 is 14.3 Å². The van der Waals surface area contributed by atoms with Crippen LogP contribution >= 0.6 is 11.8 Å². The molecule has 0 aliphatic heterocycles. The second-order valence-corrected chi connectivity index (χ2v) is 5.61. The molecule has 3 N–H and O–H groups in total. The summed E-state index contributed by atoms with van der Waals surface area (Å²) in [6.07, 6.45) is 1.90. The molecule has 0 radical (unpaired) electrons.